The number of benzene rings is 1. The molecule has 19 heavy (non-hydrogen) atoms. The summed E-state index contributed by atoms with van der Waals surface area (Å²) in [5.41, 5.74) is 6.06. The summed E-state index contributed by atoms with van der Waals surface area (Å²) in [6.45, 7) is 5.34. The lowest BCUT2D eigenvalue weighted by Gasteiger charge is -2.18. The van der Waals surface area contributed by atoms with E-state index in [9.17, 15) is 4.79 Å². The number of para-hydroxylation sites is 1. The van der Waals surface area contributed by atoms with Crippen molar-refractivity contribution in [1.82, 2.24) is 15.0 Å². The van der Waals surface area contributed by atoms with Crippen molar-refractivity contribution in [3.8, 4) is 5.69 Å². The molecule has 6 nitrogen and oxygen atoms in total. The minimum Gasteiger partial charge on any atom is -0.455 e. The van der Waals surface area contributed by atoms with Crippen molar-refractivity contribution in [3.05, 3.63) is 36.0 Å². The van der Waals surface area contributed by atoms with Gasteiger partial charge in [-0.25, -0.2) is 4.79 Å². The molecule has 0 saturated carbocycles. The maximum Gasteiger partial charge on any atom is 0.363 e. The topological polar surface area (TPSA) is 83.0 Å². The number of nitrogens with two attached hydrogens (primary N) is 1. The Morgan fingerprint density at radius 1 is 1.26 bits per heavy atom. The third-order valence-electron chi connectivity index (χ3n) is 2.30. The van der Waals surface area contributed by atoms with Gasteiger partial charge in [0.15, 0.2) is 5.82 Å². The molecule has 1 aromatic heterocycles. The average Bonchev–Trinajstić information content (AvgIpc) is 2.70. The van der Waals surface area contributed by atoms with Crippen LogP contribution in [0, 0.1) is 0 Å². The van der Waals surface area contributed by atoms with Gasteiger partial charge in [-0.15, -0.1) is 5.10 Å². The molecule has 0 aliphatic rings. The van der Waals surface area contributed by atoms with Crippen LogP contribution in [0.25, 0.3) is 5.69 Å². The highest BCUT2D eigenvalue weighted by Gasteiger charge is 2.24. The zero-order valence-corrected chi connectivity index (χ0v) is 11.1. The maximum absolute atomic E-state index is 11.9. The van der Waals surface area contributed by atoms with Crippen LogP contribution in [0.4, 0.5) is 5.82 Å². The van der Waals surface area contributed by atoms with Gasteiger partial charge in [0, 0.05) is 0 Å². The highest BCUT2D eigenvalue weighted by Crippen LogP contribution is 2.18. The fraction of sp³-hybridized carbons (Fsp3) is 0.308. The quantitative estimate of drug-likeness (QED) is 0.832. The second-order valence-electron chi connectivity index (χ2n) is 5.07. The Morgan fingerprint density at radius 3 is 2.47 bits per heavy atom. The molecular weight excluding hydrogens is 244 g/mol. The lowest BCUT2D eigenvalue weighted by atomic mass is 10.2. The van der Waals surface area contributed by atoms with Crippen LogP contribution in [0.3, 0.4) is 0 Å². The Labute approximate surface area is 111 Å². The van der Waals surface area contributed by atoms with E-state index in [4.69, 9.17) is 10.5 Å². The number of nitrogens with zero attached hydrogens (tertiary/aromatic N) is 3. The first kappa shape index (κ1) is 13.1. The zero-order chi connectivity index (χ0) is 14.0. The van der Waals surface area contributed by atoms with Gasteiger partial charge in [0.25, 0.3) is 0 Å². The summed E-state index contributed by atoms with van der Waals surface area (Å²) in [5, 5.41) is 7.67. The van der Waals surface area contributed by atoms with Gasteiger partial charge >= 0.3 is 5.97 Å². The molecule has 0 amide bonds. The van der Waals surface area contributed by atoms with E-state index >= 15 is 0 Å². The van der Waals surface area contributed by atoms with Gasteiger partial charge in [-0.3, -0.25) is 0 Å². The number of ether oxygens (including phenoxy) is 1. The molecule has 0 atom stereocenters. The molecule has 0 radical (unpaired) electrons. The highest BCUT2D eigenvalue weighted by atomic mass is 16.6. The van der Waals surface area contributed by atoms with E-state index in [0.717, 1.165) is 5.69 Å². The molecule has 0 unspecified atom stereocenters. The Bertz CT molecular complexity index is 584. The molecule has 0 saturated heterocycles. The van der Waals surface area contributed by atoms with Crippen LogP contribution in [0.15, 0.2) is 30.3 Å². The van der Waals surface area contributed by atoms with Gasteiger partial charge in [0.2, 0.25) is 5.69 Å². The third-order valence-corrected chi connectivity index (χ3v) is 2.30. The Hall–Kier alpha value is -2.37. The normalized spacial score (nSPS) is 11.3. The monoisotopic (exact) mass is 260 g/mol. The minimum atomic E-state index is -0.597. The zero-order valence-electron chi connectivity index (χ0n) is 11.1. The van der Waals surface area contributed by atoms with Crippen LogP contribution in [0.5, 0.6) is 0 Å². The first-order chi connectivity index (χ1) is 8.88. The number of carbonyl (C=O) groups is 1. The van der Waals surface area contributed by atoms with Crippen LogP contribution < -0.4 is 5.73 Å². The molecule has 1 heterocycles. The fourth-order valence-electron chi connectivity index (χ4n) is 1.52. The standard InChI is InChI=1S/C13H16N4O2/c1-13(2,3)19-12(18)10-11(14)17(16-15-10)9-7-5-4-6-8-9/h4-8H,14H2,1-3H3. The number of rotatable bonds is 2. The molecule has 0 spiro atoms. The van der Waals surface area contributed by atoms with E-state index < -0.39 is 11.6 Å². The molecule has 1 aromatic carbocycles. The van der Waals surface area contributed by atoms with Crippen LogP contribution in [0.2, 0.25) is 0 Å². The molecule has 2 N–H and O–H groups in total. The van der Waals surface area contributed by atoms with E-state index in [1.165, 1.54) is 4.68 Å². The second kappa shape index (κ2) is 4.72. The van der Waals surface area contributed by atoms with Crippen molar-refractivity contribution in [3.63, 3.8) is 0 Å². The molecule has 6 heteroatoms. The van der Waals surface area contributed by atoms with E-state index in [0.29, 0.717) is 0 Å². The van der Waals surface area contributed by atoms with Crippen molar-refractivity contribution >= 4 is 11.8 Å². The first-order valence-electron chi connectivity index (χ1n) is 5.88. The van der Waals surface area contributed by atoms with Gasteiger partial charge in [-0.1, -0.05) is 23.4 Å². The maximum atomic E-state index is 11.9. The van der Waals surface area contributed by atoms with Gasteiger partial charge in [0.05, 0.1) is 5.69 Å². The van der Waals surface area contributed by atoms with Crippen molar-refractivity contribution in [1.29, 1.82) is 0 Å². The SMILES string of the molecule is CC(C)(C)OC(=O)c1nnn(-c2ccccc2)c1N. The molecule has 0 bridgehead atoms. The highest BCUT2D eigenvalue weighted by molar-refractivity contribution is 5.92. The smallest absolute Gasteiger partial charge is 0.363 e. The van der Waals surface area contributed by atoms with Gasteiger partial charge in [-0.2, -0.15) is 4.68 Å². The molecule has 2 rings (SSSR count). The summed E-state index contributed by atoms with van der Waals surface area (Å²) in [5.74, 6) is -0.410. The predicted octanol–water partition coefficient (Wildman–Crippen LogP) is 1.80. The van der Waals surface area contributed by atoms with Crippen LogP contribution in [0.1, 0.15) is 31.3 Å². The number of aromatic nitrogens is 3. The molecule has 0 aliphatic heterocycles. The summed E-state index contributed by atoms with van der Waals surface area (Å²) in [4.78, 5) is 11.9. The van der Waals surface area contributed by atoms with Gasteiger partial charge < -0.3 is 10.5 Å². The summed E-state index contributed by atoms with van der Waals surface area (Å²) in [6.07, 6.45) is 0. The van der Waals surface area contributed by atoms with Crippen molar-refractivity contribution < 1.29 is 9.53 Å². The molecule has 100 valence electrons. The number of hydrogen-bond donors (Lipinski definition) is 1. The lowest BCUT2D eigenvalue weighted by molar-refractivity contribution is 0.00641. The summed E-state index contributed by atoms with van der Waals surface area (Å²) in [6, 6.07) is 9.23. The molecule has 2 aromatic rings. The average molecular weight is 260 g/mol. The van der Waals surface area contributed by atoms with Gasteiger partial charge in [-0.05, 0) is 32.9 Å². The largest absolute Gasteiger partial charge is 0.455 e. The summed E-state index contributed by atoms with van der Waals surface area (Å²) in [7, 11) is 0. The molecular formula is C13H16N4O2. The molecule has 0 aliphatic carbocycles. The van der Waals surface area contributed by atoms with E-state index in [-0.39, 0.29) is 11.5 Å². The second-order valence-corrected chi connectivity index (χ2v) is 5.07. The first-order valence-corrected chi connectivity index (χ1v) is 5.88. The Morgan fingerprint density at radius 2 is 1.89 bits per heavy atom. The Kier molecular flexibility index (Phi) is 3.25. The number of anilines is 1. The van der Waals surface area contributed by atoms with Crippen LogP contribution in [-0.4, -0.2) is 26.6 Å². The lowest BCUT2D eigenvalue weighted by Crippen LogP contribution is -2.24. The van der Waals surface area contributed by atoms with E-state index in [1.54, 1.807) is 20.8 Å². The predicted molar refractivity (Wildman–Crippen MR) is 70.9 cm³/mol. The van der Waals surface area contributed by atoms with Crippen LogP contribution >= 0.6 is 0 Å². The number of hydrogen-bond acceptors (Lipinski definition) is 5. The number of carbonyl (C=O) groups excluding carboxylic acids is 1. The van der Waals surface area contributed by atoms with E-state index in [2.05, 4.69) is 10.3 Å². The molecule has 0 fully saturated rings. The number of nitrogen functional groups attached to an aromatic ring is 1. The van der Waals surface area contributed by atoms with Crippen molar-refractivity contribution in [2.75, 3.05) is 5.73 Å². The summed E-state index contributed by atoms with van der Waals surface area (Å²) >= 11 is 0. The Balaban J connectivity index is 2.31. The number of esters is 1. The van der Waals surface area contributed by atoms with Gasteiger partial charge in [0.1, 0.15) is 5.60 Å². The fourth-order valence-corrected chi connectivity index (χ4v) is 1.52. The third kappa shape index (κ3) is 2.90. The van der Waals surface area contributed by atoms with E-state index in [1.807, 2.05) is 30.3 Å². The van der Waals surface area contributed by atoms with Crippen molar-refractivity contribution in [2.45, 2.75) is 26.4 Å². The summed E-state index contributed by atoms with van der Waals surface area (Å²) < 4.78 is 6.62. The van der Waals surface area contributed by atoms with Crippen LogP contribution in [-0.2, 0) is 4.74 Å². The minimum absolute atomic E-state index is 0.0266. The van der Waals surface area contributed by atoms with Crippen molar-refractivity contribution in [2.24, 2.45) is 0 Å².